The maximum atomic E-state index is 12.9. The van der Waals surface area contributed by atoms with Crippen LogP contribution in [-0.4, -0.2) is 53.2 Å². The van der Waals surface area contributed by atoms with Gasteiger partial charge in [0.2, 0.25) is 5.95 Å². The maximum Gasteiger partial charge on any atom is 0.251 e. The average molecular weight is 281 g/mol. The quantitative estimate of drug-likeness (QED) is 0.619. The zero-order valence-corrected chi connectivity index (χ0v) is 11.4. The van der Waals surface area contributed by atoms with Crippen molar-refractivity contribution in [2.75, 3.05) is 26.2 Å². The first-order valence-electron chi connectivity index (χ1n) is 6.95. The van der Waals surface area contributed by atoms with Crippen molar-refractivity contribution in [2.24, 2.45) is 0 Å². The van der Waals surface area contributed by atoms with Gasteiger partial charge in [-0.1, -0.05) is 0 Å². The van der Waals surface area contributed by atoms with E-state index in [4.69, 9.17) is 0 Å². The topological polar surface area (TPSA) is 65.5 Å². The van der Waals surface area contributed by atoms with Gasteiger partial charge in [0, 0.05) is 37.5 Å². The number of amides is 1. The molecule has 0 unspecified atom stereocenters. The molecule has 5 nitrogen and oxygen atoms in total. The third kappa shape index (κ3) is 4.54. The van der Waals surface area contributed by atoms with Gasteiger partial charge in [-0.3, -0.25) is 4.79 Å². The molecule has 0 atom stereocenters. The van der Waals surface area contributed by atoms with Gasteiger partial charge in [-0.25, -0.2) is 4.98 Å². The minimum atomic E-state index is -0.649. The number of carbonyl (C=O) groups excluding carboxylic acids is 1. The van der Waals surface area contributed by atoms with Gasteiger partial charge in [0.05, 0.1) is 6.10 Å². The minimum Gasteiger partial charge on any atom is -0.393 e. The van der Waals surface area contributed by atoms with Gasteiger partial charge in [-0.2, -0.15) is 4.39 Å². The molecule has 0 spiro atoms. The molecule has 20 heavy (non-hydrogen) atoms. The molecule has 2 N–H and O–H groups in total. The van der Waals surface area contributed by atoms with E-state index in [1.807, 2.05) is 0 Å². The molecule has 0 aliphatic carbocycles. The maximum absolute atomic E-state index is 12.9. The lowest BCUT2D eigenvalue weighted by Crippen LogP contribution is -2.37. The average Bonchev–Trinajstić information content (AvgIpc) is 2.45. The van der Waals surface area contributed by atoms with Crippen LogP contribution in [0.2, 0.25) is 0 Å². The molecular weight excluding hydrogens is 261 g/mol. The first kappa shape index (κ1) is 14.9. The zero-order valence-electron chi connectivity index (χ0n) is 11.4. The van der Waals surface area contributed by atoms with Crippen molar-refractivity contribution in [1.82, 2.24) is 15.2 Å². The third-order valence-electron chi connectivity index (χ3n) is 3.48. The van der Waals surface area contributed by atoms with Crippen LogP contribution < -0.4 is 5.32 Å². The molecule has 1 saturated heterocycles. The molecule has 1 aliphatic rings. The number of nitrogens with zero attached hydrogens (tertiary/aromatic N) is 2. The summed E-state index contributed by atoms with van der Waals surface area (Å²) in [4.78, 5) is 17.4. The van der Waals surface area contributed by atoms with Crippen LogP contribution in [0.1, 0.15) is 29.6 Å². The monoisotopic (exact) mass is 281 g/mol. The van der Waals surface area contributed by atoms with E-state index in [-0.39, 0.29) is 12.0 Å². The smallest absolute Gasteiger partial charge is 0.251 e. The molecule has 6 heteroatoms. The van der Waals surface area contributed by atoms with Gasteiger partial charge in [-0.05, 0) is 31.9 Å². The van der Waals surface area contributed by atoms with E-state index in [0.717, 1.165) is 45.0 Å². The number of likely N-dealkylation sites (tertiary alicyclic amines) is 1. The Labute approximate surface area is 117 Å². The number of aromatic nitrogens is 1. The van der Waals surface area contributed by atoms with Gasteiger partial charge in [0.25, 0.3) is 5.91 Å². The number of halogens is 1. The molecule has 1 aliphatic heterocycles. The summed E-state index contributed by atoms with van der Waals surface area (Å²) in [5.74, 6) is -0.926. The van der Waals surface area contributed by atoms with E-state index in [2.05, 4.69) is 15.2 Å². The summed E-state index contributed by atoms with van der Waals surface area (Å²) in [5, 5.41) is 12.2. The van der Waals surface area contributed by atoms with Crippen LogP contribution in [0.15, 0.2) is 18.3 Å². The molecular formula is C14H20FN3O2. The second kappa shape index (κ2) is 7.31. The van der Waals surface area contributed by atoms with Crippen LogP contribution in [0.25, 0.3) is 0 Å². The van der Waals surface area contributed by atoms with Crippen LogP contribution >= 0.6 is 0 Å². The summed E-state index contributed by atoms with van der Waals surface area (Å²) in [6.45, 7) is 3.27. The van der Waals surface area contributed by atoms with E-state index in [1.165, 1.54) is 12.3 Å². The van der Waals surface area contributed by atoms with Crippen molar-refractivity contribution in [1.29, 1.82) is 0 Å². The lowest BCUT2D eigenvalue weighted by atomic mass is 10.1. The fourth-order valence-corrected chi connectivity index (χ4v) is 2.29. The van der Waals surface area contributed by atoms with Crippen molar-refractivity contribution < 1.29 is 14.3 Å². The van der Waals surface area contributed by atoms with Crippen LogP contribution in [0.5, 0.6) is 0 Å². The first-order valence-corrected chi connectivity index (χ1v) is 6.95. The number of rotatable bonds is 5. The molecule has 110 valence electrons. The summed E-state index contributed by atoms with van der Waals surface area (Å²) >= 11 is 0. The van der Waals surface area contributed by atoms with Crippen molar-refractivity contribution in [3.63, 3.8) is 0 Å². The van der Waals surface area contributed by atoms with E-state index >= 15 is 0 Å². The number of hydrogen-bond donors (Lipinski definition) is 2. The van der Waals surface area contributed by atoms with Crippen LogP contribution in [0, 0.1) is 5.95 Å². The Balaban J connectivity index is 1.64. The summed E-state index contributed by atoms with van der Waals surface area (Å²) in [5.41, 5.74) is 0.290. The lowest BCUT2D eigenvalue weighted by molar-refractivity contribution is 0.0816. The van der Waals surface area contributed by atoms with Crippen LogP contribution in [0.4, 0.5) is 4.39 Å². The highest BCUT2D eigenvalue weighted by atomic mass is 19.1. The molecule has 1 aromatic rings. The number of piperidine rings is 1. The highest BCUT2D eigenvalue weighted by molar-refractivity contribution is 5.93. The van der Waals surface area contributed by atoms with Gasteiger partial charge in [0.1, 0.15) is 0 Å². The Kier molecular flexibility index (Phi) is 5.43. The Morgan fingerprint density at radius 3 is 2.95 bits per heavy atom. The number of aliphatic hydroxyl groups excluding tert-OH is 1. The third-order valence-corrected chi connectivity index (χ3v) is 3.48. The second-order valence-corrected chi connectivity index (χ2v) is 5.05. The highest BCUT2D eigenvalue weighted by Gasteiger charge is 2.16. The minimum absolute atomic E-state index is 0.160. The largest absolute Gasteiger partial charge is 0.393 e. The van der Waals surface area contributed by atoms with Crippen LogP contribution in [-0.2, 0) is 0 Å². The normalized spacial score (nSPS) is 17.1. The molecule has 1 aromatic heterocycles. The van der Waals surface area contributed by atoms with Gasteiger partial charge >= 0.3 is 0 Å². The Morgan fingerprint density at radius 1 is 1.50 bits per heavy atom. The second-order valence-electron chi connectivity index (χ2n) is 5.05. The Morgan fingerprint density at radius 2 is 2.25 bits per heavy atom. The number of aliphatic hydroxyl groups is 1. The van der Waals surface area contributed by atoms with Crippen molar-refractivity contribution in [2.45, 2.75) is 25.4 Å². The molecule has 0 aromatic carbocycles. The molecule has 1 amide bonds. The van der Waals surface area contributed by atoms with E-state index in [9.17, 15) is 14.3 Å². The molecule has 0 radical (unpaired) electrons. The molecule has 2 heterocycles. The molecule has 0 bridgehead atoms. The molecule has 2 rings (SSSR count). The lowest BCUT2D eigenvalue weighted by Gasteiger charge is -2.29. The summed E-state index contributed by atoms with van der Waals surface area (Å²) in [6.07, 6.45) is 3.61. The number of pyridine rings is 1. The molecule has 1 fully saturated rings. The predicted octanol–water partition coefficient (Wildman–Crippen LogP) is 0.797. The Bertz CT molecular complexity index is 448. The number of carbonyl (C=O) groups is 1. The Hall–Kier alpha value is -1.53. The molecule has 0 saturated carbocycles. The summed E-state index contributed by atoms with van der Waals surface area (Å²) in [7, 11) is 0. The van der Waals surface area contributed by atoms with Gasteiger partial charge in [-0.15, -0.1) is 0 Å². The van der Waals surface area contributed by atoms with Gasteiger partial charge in [0.15, 0.2) is 0 Å². The standard InChI is InChI=1S/C14H20FN3O2/c15-13-10-11(2-6-16-13)14(20)17-5-1-7-18-8-3-12(19)4-9-18/h2,6,10,12,19H,1,3-5,7-9H2,(H,17,20). The number of nitrogens with one attached hydrogen (secondary N) is 1. The van der Waals surface area contributed by atoms with Crippen molar-refractivity contribution >= 4 is 5.91 Å². The summed E-state index contributed by atoms with van der Waals surface area (Å²) < 4.78 is 12.9. The van der Waals surface area contributed by atoms with Crippen molar-refractivity contribution in [3.05, 3.63) is 29.8 Å². The fourth-order valence-electron chi connectivity index (χ4n) is 2.29. The fraction of sp³-hybridized carbons (Fsp3) is 0.571. The SMILES string of the molecule is O=C(NCCCN1CCC(O)CC1)c1ccnc(F)c1. The first-order chi connectivity index (χ1) is 9.65. The van der Waals surface area contributed by atoms with Crippen molar-refractivity contribution in [3.8, 4) is 0 Å². The predicted molar refractivity (Wildman–Crippen MR) is 72.8 cm³/mol. The van der Waals surface area contributed by atoms with Gasteiger partial charge < -0.3 is 15.3 Å². The van der Waals surface area contributed by atoms with Crippen LogP contribution in [0.3, 0.4) is 0 Å². The number of hydrogen-bond acceptors (Lipinski definition) is 4. The van der Waals surface area contributed by atoms with E-state index < -0.39 is 5.95 Å². The zero-order chi connectivity index (χ0) is 14.4. The summed E-state index contributed by atoms with van der Waals surface area (Å²) in [6, 6.07) is 2.62. The van der Waals surface area contributed by atoms with E-state index in [0.29, 0.717) is 12.1 Å². The van der Waals surface area contributed by atoms with E-state index in [1.54, 1.807) is 0 Å². The highest BCUT2D eigenvalue weighted by Crippen LogP contribution is 2.09.